The summed E-state index contributed by atoms with van der Waals surface area (Å²) in [7, 11) is 0.159. The van der Waals surface area contributed by atoms with Crippen LogP contribution in [0.3, 0.4) is 0 Å². The molecule has 1 aliphatic rings. The standard InChI is InChI=1S/C15H22N6O2S/c1-12-10-14(18-11-17-12)20(3)13-4-7-21(8-5-13)24(22,23)15-16-6-9-19(15)2/h6,9-11,13H,4-5,7-8H2,1-3H3. The van der Waals surface area contributed by atoms with Crippen molar-refractivity contribution in [2.75, 3.05) is 25.0 Å². The lowest BCUT2D eigenvalue weighted by molar-refractivity contribution is 0.311. The number of piperidine rings is 1. The van der Waals surface area contributed by atoms with Crippen molar-refractivity contribution in [3.63, 3.8) is 0 Å². The van der Waals surface area contributed by atoms with Crippen LogP contribution in [-0.2, 0) is 17.1 Å². The van der Waals surface area contributed by atoms with E-state index in [-0.39, 0.29) is 11.2 Å². The third kappa shape index (κ3) is 3.13. The van der Waals surface area contributed by atoms with Crippen LogP contribution in [0.2, 0.25) is 0 Å². The molecule has 0 amide bonds. The average molecular weight is 350 g/mol. The smallest absolute Gasteiger partial charge is 0.277 e. The average Bonchev–Trinajstić information content (AvgIpc) is 3.01. The van der Waals surface area contributed by atoms with Crippen LogP contribution in [0.25, 0.3) is 0 Å². The van der Waals surface area contributed by atoms with E-state index in [4.69, 9.17) is 0 Å². The highest BCUT2D eigenvalue weighted by Crippen LogP contribution is 2.24. The number of hydrogen-bond donors (Lipinski definition) is 0. The summed E-state index contributed by atoms with van der Waals surface area (Å²) in [6.07, 6.45) is 6.21. The summed E-state index contributed by atoms with van der Waals surface area (Å²) in [6, 6.07) is 2.20. The quantitative estimate of drug-likeness (QED) is 0.811. The van der Waals surface area contributed by atoms with Crippen LogP contribution in [0.4, 0.5) is 5.82 Å². The molecule has 0 N–H and O–H groups in total. The van der Waals surface area contributed by atoms with Crippen molar-refractivity contribution < 1.29 is 8.42 Å². The predicted octanol–water partition coefficient (Wildman–Crippen LogP) is 0.808. The lowest BCUT2D eigenvalue weighted by Crippen LogP contribution is -2.46. The van der Waals surface area contributed by atoms with Crippen LogP contribution in [0.5, 0.6) is 0 Å². The van der Waals surface area contributed by atoms with E-state index in [0.717, 1.165) is 24.4 Å². The topological polar surface area (TPSA) is 84.2 Å². The molecule has 0 unspecified atom stereocenters. The third-order valence-corrected chi connectivity index (χ3v) is 6.37. The molecule has 24 heavy (non-hydrogen) atoms. The Kier molecular flexibility index (Phi) is 4.55. The lowest BCUT2D eigenvalue weighted by atomic mass is 10.1. The Bertz CT molecular complexity index is 811. The fourth-order valence-corrected chi connectivity index (χ4v) is 4.55. The van der Waals surface area contributed by atoms with Crippen LogP contribution in [0.15, 0.2) is 29.9 Å². The molecule has 9 heteroatoms. The molecule has 0 atom stereocenters. The van der Waals surface area contributed by atoms with Crippen LogP contribution in [0.1, 0.15) is 18.5 Å². The normalized spacial score (nSPS) is 17.1. The number of anilines is 1. The van der Waals surface area contributed by atoms with Gasteiger partial charge in [-0.05, 0) is 19.8 Å². The number of sulfonamides is 1. The van der Waals surface area contributed by atoms with Crippen molar-refractivity contribution in [1.29, 1.82) is 0 Å². The monoisotopic (exact) mass is 350 g/mol. The Balaban J connectivity index is 1.69. The summed E-state index contributed by atoms with van der Waals surface area (Å²) in [5, 5.41) is 0.0979. The van der Waals surface area contributed by atoms with E-state index >= 15 is 0 Å². The molecule has 0 spiro atoms. The molecule has 1 saturated heterocycles. The molecule has 130 valence electrons. The number of aromatic nitrogens is 4. The Morgan fingerprint density at radius 2 is 1.92 bits per heavy atom. The summed E-state index contributed by atoms with van der Waals surface area (Å²) >= 11 is 0. The highest BCUT2D eigenvalue weighted by Gasteiger charge is 2.33. The molecule has 0 radical (unpaired) electrons. The molecule has 0 saturated carbocycles. The summed E-state index contributed by atoms with van der Waals surface area (Å²) in [5.41, 5.74) is 0.918. The predicted molar refractivity (Wildman–Crippen MR) is 90.2 cm³/mol. The Morgan fingerprint density at radius 3 is 2.50 bits per heavy atom. The van der Waals surface area contributed by atoms with Crippen LogP contribution >= 0.6 is 0 Å². The minimum absolute atomic E-state index is 0.0979. The molecule has 0 aromatic carbocycles. The zero-order valence-electron chi connectivity index (χ0n) is 14.1. The van der Waals surface area contributed by atoms with Crippen LogP contribution in [-0.4, -0.2) is 58.4 Å². The molecular formula is C15H22N6O2S. The molecule has 2 aromatic rings. The number of rotatable bonds is 4. The first kappa shape index (κ1) is 16.8. The first-order chi connectivity index (χ1) is 11.4. The molecule has 1 aliphatic heterocycles. The van der Waals surface area contributed by atoms with Crippen molar-refractivity contribution in [1.82, 2.24) is 23.8 Å². The van der Waals surface area contributed by atoms with E-state index in [2.05, 4.69) is 19.9 Å². The van der Waals surface area contributed by atoms with Gasteiger partial charge < -0.3 is 9.47 Å². The fourth-order valence-electron chi connectivity index (χ4n) is 3.01. The molecule has 0 bridgehead atoms. The Labute approximate surface area is 142 Å². The van der Waals surface area contributed by atoms with Crippen molar-refractivity contribution >= 4 is 15.8 Å². The van der Waals surface area contributed by atoms with Gasteiger partial charge in [-0.3, -0.25) is 0 Å². The first-order valence-electron chi connectivity index (χ1n) is 7.88. The fraction of sp³-hybridized carbons (Fsp3) is 0.533. The zero-order chi connectivity index (χ0) is 17.3. The van der Waals surface area contributed by atoms with Crippen molar-refractivity contribution in [3.8, 4) is 0 Å². The molecule has 1 fully saturated rings. The van der Waals surface area contributed by atoms with Crippen molar-refractivity contribution in [2.45, 2.75) is 31.0 Å². The SMILES string of the molecule is Cc1cc(N(C)C2CCN(S(=O)(=O)c3nccn3C)CC2)ncn1. The van der Waals surface area contributed by atoms with Gasteiger partial charge in [0, 0.05) is 57.4 Å². The zero-order valence-corrected chi connectivity index (χ0v) is 14.9. The van der Waals surface area contributed by atoms with Crippen LogP contribution < -0.4 is 4.90 Å². The van der Waals surface area contributed by atoms with Crippen molar-refractivity contribution in [3.05, 3.63) is 30.5 Å². The number of aryl methyl sites for hydroxylation is 2. The molecule has 8 nitrogen and oxygen atoms in total. The first-order valence-corrected chi connectivity index (χ1v) is 9.32. The van der Waals surface area contributed by atoms with Gasteiger partial charge in [0.25, 0.3) is 10.0 Å². The summed E-state index contributed by atoms with van der Waals surface area (Å²) in [6.45, 7) is 2.89. The molecule has 3 heterocycles. The molecule has 0 aliphatic carbocycles. The van der Waals surface area contributed by atoms with Gasteiger partial charge in [0.15, 0.2) is 0 Å². The molecule has 3 rings (SSSR count). The van der Waals surface area contributed by atoms with E-state index in [9.17, 15) is 8.42 Å². The van der Waals surface area contributed by atoms with Gasteiger partial charge >= 0.3 is 0 Å². The van der Waals surface area contributed by atoms with E-state index in [1.165, 1.54) is 15.1 Å². The van der Waals surface area contributed by atoms with Gasteiger partial charge in [-0.25, -0.2) is 23.4 Å². The van der Waals surface area contributed by atoms with Gasteiger partial charge in [0.2, 0.25) is 5.16 Å². The summed E-state index contributed by atoms with van der Waals surface area (Å²) in [5.74, 6) is 0.868. The van der Waals surface area contributed by atoms with Gasteiger partial charge in [0.1, 0.15) is 12.1 Å². The Hall–Kier alpha value is -2.00. The highest BCUT2D eigenvalue weighted by atomic mass is 32.2. The van der Waals surface area contributed by atoms with Crippen LogP contribution in [0, 0.1) is 6.92 Å². The number of hydrogen-bond acceptors (Lipinski definition) is 6. The number of imidazole rings is 1. The van der Waals surface area contributed by atoms with E-state index < -0.39 is 10.0 Å². The minimum Gasteiger partial charge on any atom is -0.356 e. The van der Waals surface area contributed by atoms with Gasteiger partial charge in [-0.1, -0.05) is 0 Å². The second-order valence-corrected chi connectivity index (χ2v) is 7.92. The molecule has 2 aromatic heterocycles. The second-order valence-electron chi connectivity index (χ2n) is 6.08. The minimum atomic E-state index is -3.53. The summed E-state index contributed by atoms with van der Waals surface area (Å²) in [4.78, 5) is 14.5. The maximum absolute atomic E-state index is 12.7. The van der Waals surface area contributed by atoms with Gasteiger partial charge in [0.05, 0.1) is 0 Å². The third-order valence-electron chi connectivity index (χ3n) is 4.47. The molecular weight excluding hydrogens is 328 g/mol. The lowest BCUT2D eigenvalue weighted by Gasteiger charge is -2.36. The summed E-state index contributed by atoms with van der Waals surface area (Å²) < 4.78 is 28.4. The van der Waals surface area contributed by atoms with E-state index in [1.54, 1.807) is 19.6 Å². The maximum Gasteiger partial charge on any atom is 0.277 e. The highest BCUT2D eigenvalue weighted by molar-refractivity contribution is 7.89. The largest absolute Gasteiger partial charge is 0.356 e. The van der Waals surface area contributed by atoms with Gasteiger partial charge in [-0.15, -0.1) is 0 Å². The van der Waals surface area contributed by atoms with Gasteiger partial charge in [-0.2, -0.15) is 4.31 Å². The van der Waals surface area contributed by atoms with E-state index in [1.807, 2.05) is 20.0 Å². The Morgan fingerprint density at radius 1 is 1.21 bits per heavy atom. The van der Waals surface area contributed by atoms with Crippen molar-refractivity contribution in [2.24, 2.45) is 7.05 Å². The number of nitrogens with zero attached hydrogens (tertiary/aromatic N) is 6. The maximum atomic E-state index is 12.7. The van der Waals surface area contributed by atoms with E-state index in [0.29, 0.717) is 13.1 Å². The second kappa shape index (κ2) is 6.48.